The van der Waals surface area contributed by atoms with Crippen LogP contribution in [0.25, 0.3) is 22.8 Å². The van der Waals surface area contributed by atoms with Gasteiger partial charge in [-0.1, -0.05) is 0 Å². The van der Waals surface area contributed by atoms with Crippen LogP contribution in [0, 0.1) is 0 Å². The van der Waals surface area contributed by atoms with Crippen molar-refractivity contribution >= 4 is 17.5 Å². The molecule has 0 radical (unpaired) electrons. The number of carbonyl (C=O) groups is 1. The second kappa shape index (κ2) is 10.5. The van der Waals surface area contributed by atoms with Crippen molar-refractivity contribution in [2.75, 3.05) is 19.5 Å². The van der Waals surface area contributed by atoms with E-state index in [4.69, 9.17) is 9.47 Å². The fraction of sp³-hybridized carbons (Fsp3) is 0.333. The molecule has 0 unspecified atom stereocenters. The minimum Gasteiger partial charge on any atom is -0.480 e. The monoisotopic (exact) mass is 553 g/mol. The number of imidazole rings is 1. The van der Waals surface area contributed by atoms with E-state index >= 15 is 0 Å². The molecule has 0 spiro atoms. The van der Waals surface area contributed by atoms with Gasteiger partial charge in [0.2, 0.25) is 5.88 Å². The molecule has 0 bridgehead atoms. The first-order valence-electron chi connectivity index (χ1n) is 12.5. The molecule has 1 fully saturated rings. The minimum absolute atomic E-state index is 0.0873. The number of nitrogens with one attached hydrogen (secondary N) is 1. The molecule has 1 aliphatic rings. The van der Waals surface area contributed by atoms with Gasteiger partial charge in [0.25, 0.3) is 0 Å². The Labute approximate surface area is 227 Å². The predicted octanol–water partition coefficient (Wildman–Crippen LogP) is 5.81. The molecular formula is C27H26F3N7O3. The summed E-state index contributed by atoms with van der Waals surface area (Å²) in [6, 6.07) is 6.36. The maximum atomic E-state index is 13.3. The van der Waals surface area contributed by atoms with Crippen LogP contribution in [0.5, 0.6) is 5.88 Å². The molecule has 0 amide bonds. The molecule has 3 aromatic heterocycles. The molecule has 1 saturated carbocycles. The van der Waals surface area contributed by atoms with Gasteiger partial charge in [-0.25, -0.2) is 29.7 Å². The number of hydrogen-bond donors (Lipinski definition) is 1. The van der Waals surface area contributed by atoms with E-state index in [2.05, 4.69) is 30.2 Å². The molecule has 208 valence electrons. The van der Waals surface area contributed by atoms with Crippen LogP contribution in [0.1, 0.15) is 60.4 Å². The molecule has 1 N–H and O–H groups in total. The van der Waals surface area contributed by atoms with Crippen LogP contribution in [0.4, 0.5) is 24.7 Å². The van der Waals surface area contributed by atoms with Crippen LogP contribution < -0.4 is 10.1 Å². The van der Waals surface area contributed by atoms with Gasteiger partial charge in [0, 0.05) is 35.6 Å². The molecule has 0 atom stereocenters. The van der Waals surface area contributed by atoms with Gasteiger partial charge < -0.3 is 19.4 Å². The lowest BCUT2D eigenvalue weighted by Crippen LogP contribution is -2.10. The van der Waals surface area contributed by atoms with Crippen molar-refractivity contribution in [2.24, 2.45) is 0 Å². The SMILES string of the molecule is COC(=O)c1cnc(-c2c(OC)ncnc2C2CC2)nc1Nc1ccc(-c2nc(C(F)(F)F)cn2C(C)C)cc1. The summed E-state index contributed by atoms with van der Waals surface area (Å²) >= 11 is 0. The number of rotatable bonds is 8. The fourth-order valence-electron chi connectivity index (χ4n) is 4.25. The summed E-state index contributed by atoms with van der Waals surface area (Å²) in [5.41, 5.74) is 1.46. The van der Waals surface area contributed by atoms with Crippen molar-refractivity contribution < 1.29 is 27.4 Å². The largest absolute Gasteiger partial charge is 0.480 e. The summed E-state index contributed by atoms with van der Waals surface area (Å²) in [7, 11) is 2.74. The molecule has 0 saturated heterocycles. The molecule has 1 aliphatic carbocycles. The number of ether oxygens (including phenoxy) is 2. The summed E-state index contributed by atoms with van der Waals surface area (Å²) in [6.07, 6.45) is 1.19. The van der Waals surface area contributed by atoms with E-state index < -0.39 is 17.8 Å². The van der Waals surface area contributed by atoms with Crippen LogP contribution in [0.3, 0.4) is 0 Å². The number of alkyl halides is 3. The lowest BCUT2D eigenvalue weighted by atomic mass is 10.1. The van der Waals surface area contributed by atoms with Gasteiger partial charge in [0.1, 0.15) is 29.1 Å². The summed E-state index contributed by atoms with van der Waals surface area (Å²) in [5.74, 6) is 0.540. The van der Waals surface area contributed by atoms with E-state index in [0.29, 0.717) is 22.7 Å². The van der Waals surface area contributed by atoms with E-state index in [0.717, 1.165) is 24.7 Å². The van der Waals surface area contributed by atoms with Crippen LogP contribution in [-0.4, -0.2) is 49.7 Å². The van der Waals surface area contributed by atoms with Crippen LogP contribution in [0.15, 0.2) is 43.0 Å². The number of halogens is 3. The lowest BCUT2D eigenvalue weighted by molar-refractivity contribution is -0.140. The average Bonchev–Trinajstić information content (AvgIpc) is 3.68. The Morgan fingerprint density at radius 3 is 2.40 bits per heavy atom. The first-order valence-corrected chi connectivity index (χ1v) is 12.5. The highest BCUT2D eigenvalue weighted by molar-refractivity contribution is 5.95. The highest BCUT2D eigenvalue weighted by Crippen LogP contribution is 2.45. The van der Waals surface area contributed by atoms with E-state index in [-0.39, 0.29) is 35.0 Å². The smallest absolute Gasteiger partial charge is 0.434 e. The second-order valence-electron chi connectivity index (χ2n) is 9.52. The zero-order chi connectivity index (χ0) is 28.6. The van der Waals surface area contributed by atoms with Crippen LogP contribution in [0.2, 0.25) is 0 Å². The molecule has 4 aromatic rings. The Morgan fingerprint density at radius 1 is 1.07 bits per heavy atom. The second-order valence-corrected chi connectivity index (χ2v) is 9.52. The number of anilines is 2. The highest BCUT2D eigenvalue weighted by Gasteiger charge is 2.35. The zero-order valence-corrected chi connectivity index (χ0v) is 22.2. The number of nitrogens with zero attached hydrogens (tertiary/aromatic N) is 6. The van der Waals surface area contributed by atoms with Gasteiger partial charge in [-0.15, -0.1) is 0 Å². The number of hydrogen-bond acceptors (Lipinski definition) is 9. The number of carbonyl (C=O) groups excluding carboxylic acids is 1. The van der Waals surface area contributed by atoms with Gasteiger partial charge in [0.15, 0.2) is 11.5 Å². The van der Waals surface area contributed by atoms with E-state index in [1.165, 1.54) is 31.3 Å². The normalized spacial score (nSPS) is 13.4. The third-order valence-electron chi connectivity index (χ3n) is 6.40. The van der Waals surface area contributed by atoms with Crippen molar-refractivity contribution in [3.63, 3.8) is 0 Å². The van der Waals surface area contributed by atoms with Crippen molar-refractivity contribution in [1.29, 1.82) is 0 Å². The summed E-state index contributed by atoms with van der Waals surface area (Å²) in [5, 5.41) is 3.10. The zero-order valence-electron chi connectivity index (χ0n) is 22.2. The third kappa shape index (κ3) is 5.31. The first kappa shape index (κ1) is 27.0. The van der Waals surface area contributed by atoms with Crippen molar-refractivity contribution in [1.82, 2.24) is 29.5 Å². The van der Waals surface area contributed by atoms with Gasteiger partial charge in [0.05, 0.1) is 19.9 Å². The summed E-state index contributed by atoms with van der Waals surface area (Å²) < 4.78 is 51.8. The van der Waals surface area contributed by atoms with Crippen molar-refractivity contribution in [2.45, 2.75) is 44.8 Å². The molecule has 13 heteroatoms. The van der Waals surface area contributed by atoms with Crippen LogP contribution in [-0.2, 0) is 10.9 Å². The number of esters is 1. The van der Waals surface area contributed by atoms with Gasteiger partial charge in [-0.3, -0.25) is 0 Å². The Balaban J connectivity index is 1.51. The van der Waals surface area contributed by atoms with Gasteiger partial charge >= 0.3 is 12.1 Å². The predicted molar refractivity (Wildman–Crippen MR) is 139 cm³/mol. The Morgan fingerprint density at radius 2 is 1.80 bits per heavy atom. The number of methoxy groups -OCH3 is 2. The van der Waals surface area contributed by atoms with Gasteiger partial charge in [-0.2, -0.15) is 13.2 Å². The lowest BCUT2D eigenvalue weighted by Gasteiger charge is -2.15. The molecule has 5 rings (SSSR count). The molecule has 3 heterocycles. The van der Waals surface area contributed by atoms with E-state index in [9.17, 15) is 18.0 Å². The average molecular weight is 554 g/mol. The first-order chi connectivity index (χ1) is 19.1. The number of aromatic nitrogens is 6. The molecular weight excluding hydrogens is 527 g/mol. The maximum absolute atomic E-state index is 13.3. The Hall–Kier alpha value is -4.55. The Kier molecular flexibility index (Phi) is 7.13. The molecule has 10 nitrogen and oxygen atoms in total. The minimum atomic E-state index is -4.56. The van der Waals surface area contributed by atoms with Crippen LogP contribution >= 0.6 is 0 Å². The maximum Gasteiger partial charge on any atom is 0.434 e. The fourth-order valence-corrected chi connectivity index (χ4v) is 4.25. The number of benzene rings is 1. The van der Waals surface area contributed by atoms with Crippen molar-refractivity contribution in [3.05, 3.63) is 59.9 Å². The molecule has 0 aliphatic heterocycles. The quantitative estimate of drug-likeness (QED) is 0.270. The molecule has 1 aromatic carbocycles. The summed E-state index contributed by atoms with van der Waals surface area (Å²) in [6.45, 7) is 3.56. The summed E-state index contributed by atoms with van der Waals surface area (Å²) in [4.78, 5) is 34.0. The highest BCUT2D eigenvalue weighted by atomic mass is 19.4. The van der Waals surface area contributed by atoms with Crippen molar-refractivity contribution in [3.8, 4) is 28.7 Å². The third-order valence-corrected chi connectivity index (χ3v) is 6.40. The molecule has 40 heavy (non-hydrogen) atoms. The van der Waals surface area contributed by atoms with Gasteiger partial charge in [-0.05, 0) is 51.0 Å². The van der Waals surface area contributed by atoms with E-state index in [1.807, 2.05) is 0 Å². The standard InChI is InChI=1S/C27H26F3N7O3/c1-14(2)37-12-19(27(28,29)30)35-24(37)16-7-9-17(10-8-16)34-22-18(26(38)40-4)11-31-23(36-22)20-21(15-5-6-15)32-13-33-25(20)39-3/h7-15H,5-6H2,1-4H3,(H,31,34,36). The van der Waals surface area contributed by atoms with E-state index in [1.54, 1.807) is 38.1 Å². The topological polar surface area (TPSA) is 117 Å². The Bertz CT molecular complexity index is 1550.